The molecule has 18 heteroatoms. The van der Waals surface area contributed by atoms with Crippen LogP contribution in [0.4, 0.5) is 0 Å². The number of hydrogen-bond donors (Lipinski definition) is 6. The maximum absolute atomic E-state index is 11.6. The molecule has 1 aliphatic rings. The van der Waals surface area contributed by atoms with Gasteiger partial charge in [-0.05, 0) is 147 Å². The lowest BCUT2D eigenvalue weighted by Crippen LogP contribution is -3.04. The number of aliphatic hydroxyl groups is 2. The fraction of sp³-hybridized carbons (Fsp3) is 0.250. The van der Waals surface area contributed by atoms with Gasteiger partial charge in [0.2, 0.25) is 0 Å². The highest BCUT2D eigenvalue weighted by molar-refractivity contribution is 9.12. The molecule has 280 valence electrons. The highest BCUT2D eigenvalue weighted by Gasteiger charge is 2.09. The first kappa shape index (κ1) is 51.8. The zero-order valence-corrected chi connectivity index (χ0v) is 39.3. The Morgan fingerprint density at radius 1 is 0.440 bits per heavy atom. The molecule has 0 aliphatic carbocycles. The number of nitrogens with two attached hydrogens (primary N) is 2. The summed E-state index contributed by atoms with van der Waals surface area (Å²) in [6, 6.07) is 14.6. The maximum Gasteiger partial charge on any atom is 0.143 e. The van der Waals surface area contributed by atoms with Gasteiger partial charge in [0, 0.05) is 32.1 Å². The van der Waals surface area contributed by atoms with Crippen molar-refractivity contribution in [3.05, 3.63) is 107 Å². The Labute approximate surface area is 358 Å². The van der Waals surface area contributed by atoms with E-state index in [1.807, 2.05) is 48.5 Å². The third-order valence-electron chi connectivity index (χ3n) is 6.24. The molecule has 0 spiro atoms. The SMILES string of the molecule is C1C[NH2+]CC[NH2+]1.CO.CO.O.O.[O-]c1c(Br)cc(Cc2cc(Br)c(O)c(Br)c2)cc1Br.[O-]c1c(Br)cc(Cc2cc(Br)c(O)c(Br)c2)cc1Br. The molecule has 50 heavy (non-hydrogen) atoms. The summed E-state index contributed by atoms with van der Waals surface area (Å²) in [6.07, 6.45) is 1.32. The zero-order valence-electron chi connectivity index (χ0n) is 26.6. The van der Waals surface area contributed by atoms with E-state index >= 15 is 0 Å². The number of aliphatic hydroxyl groups excluding tert-OH is 2. The third kappa shape index (κ3) is 17.2. The first-order valence-corrected chi connectivity index (χ1v) is 20.3. The number of halogens is 8. The molecule has 0 aromatic heterocycles. The quantitative estimate of drug-likeness (QED) is 0.167. The summed E-state index contributed by atoms with van der Waals surface area (Å²) in [5.74, 6) is 0.246. The van der Waals surface area contributed by atoms with Gasteiger partial charge < -0.3 is 52.2 Å². The predicted molar refractivity (Wildman–Crippen MR) is 222 cm³/mol. The fourth-order valence-electron chi connectivity index (χ4n) is 4.10. The van der Waals surface area contributed by atoms with Crippen molar-refractivity contribution in [2.24, 2.45) is 0 Å². The molecule has 5 rings (SSSR count). The van der Waals surface area contributed by atoms with Gasteiger partial charge in [0.25, 0.3) is 0 Å². The van der Waals surface area contributed by atoms with Crippen LogP contribution in [0.3, 0.4) is 0 Å². The standard InChI is InChI=1S/2C13H8Br4O2.C4H10N2.2CH4O.2H2O/c2*14-8-2-6(3-9(15)12(8)18)1-7-4-10(16)13(19)11(17)5-7;1-2-6-4-3-5-1;2*1-2;;/h2*2-5,18-19H,1H2;5-6H,1-4H2;2*2H,1H3;2*1H2. The molecule has 1 fully saturated rings. The lowest BCUT2D eigenvalue weighted by atomic mass is 10.0. The topological polar surface area (TPSA) is 223 Å². The minimum absolute atomic E-state index is 0. The van der Waals surface area contributed by atoms with Crippen molar-refractivity contribution in [3.8, 4) is 23.0 Å². The lowest BCUT2D eigenvalue weighted by molar-refractivity contribution is -0.787. The minimum atomic E-state index is -0.0585. The highest BCUT2D eigenvalue weighted by atomic mass is 79.9. The number of phenols is 2. The van der Waals surface area contributed by atoms with Crippen LogP contribution < -0.4 is 20.8 Å². The first-order chi connectivity index (χ1) is 22.8. The van der Waals surface area contributed by atoms with Crippen molar-refractivity contribution in [2.45, 2.75) is 12.8 Å². The fourth-order valence-corrected chi connectivity index (χ4v) is 9.23. The molecular formula is C32H38Br8N2O8. The van der Waals surface area contributed by atoms with Crippen molar-refractivity contribution in [3.63, 3.8) is 0 Å². The smallest absolute Gasteiger partial charge is 0.143 e. The van der Waals surface area contributed by atoms with Crippen LogP contribution in [-0.2, 0) is 12.8 Å². The van der Waals surface area contributed by atoms with Gasteiger partial charge >= 0.3 is 0 Å². The molecule has 0 amide bonds. The van der Waals surface area contributed by atoms with Gasteiger partial charge in [0.15, 0.2) is 0 Å². The number of benzene rings is 4. The summed E-state index contributed by atoms with van der Waals surface area (Å²) in [6.45, 7) is 5.28. The first-order valence-electron chi connectivity index (χ1n) is 13.9. The largest absolute Gasteiger partial charge is 0.871 e. The van der Waals surface area contributed by atoms with Crippen LogP contribution in [-0.4, -0.2) is 71.8 Å². The molecule has 4 aromatic rings. The maximum atomic E-state index is 11.6. The summed E-state index contributed by atoms with van der Waals surface area (Å²) in [7, 11) is 2.00. The summed E-state index contributed by atoms with van der Waals surface area (Å²) in [5.41, 5.74) is 4.05. The van der Waals surface area contributed by atoms with Gasteiger partial charge in [-0.1, -0.05) is 75.2 Å². The van der Waals surface area contributed by atoms with Crippen LogP contribution in [0.5, 0.6) is 23.0 Å². The molecule has 1 aliphatic heterocycles. The van der Waals surface area contributed by atoms with E-state index in [-0.39, 0.29) is 34.0 Å². The Kier molecular flexibility index (Phi) is 28.3. The third-order valence-corrected chi connectivity index (χ3v) is 11.0. The molecule has 1 heterocycles. The van der Waals surface area contributed by atoms with Gasteiger partial charge in [-0.15, -0.1) is 0 Å². The van der Waals surface area contributed by atoms with Gasteiger partial charge in [-0.3, -0.25) is 0 Å². The Morgan fingerprint density at radius 3 is 0.800 bits per heavy atom. The van der Waals surface area contributed by atoms with Crippen LogP contribution in [0.1, 0.15) is 22.3 Å². The van der Waals surface area contributed by atoms with E-state index in [9.17, 15) is 20.4 Å². The van der Waals surface area contributed by atoms with Crippen LogP contribution in [0, 0.1) is 0 Å². The Bertz CT molecular complexity index is 1300. The number of quaternary nitrogens is 2. The second-order valence-electron chi connectivity index (χ2n) is 9.68. The van der Waals surface area contributed by atoms with Gasteiger partial charge in [0.1, 0.15) is 37.7 Å². The Morgan fingerprint density at radius 2 is 0.620 bits per heavy atom. The average Bonchev–Trinajstić information content (AvgIpc) is 3.07. The molecular weight excluding hydrogens is 1180 g/mol. The predicted octanol–water partition coefficient (Wildman–Crippen LogP) is 4.91. The van der Waals surface area contributed by atoms with Crippen LogP contribution in [0.2, 0.25) is 0 Å². The van der Waals surface area contributed by atoms with Gasteiger partial charge in [-0.25, -0.2) is 0 Å². The van der Waals surface area contributed by atoms with E-state index in [0.29, 0.717) is 48.6 Å². The number of rotatable bonds is 4. The van der Waals surface area contributed by atoms with E-state index in [1.54, 1.807) is 0 Å². The lowest BCUT2D eigenvalue weighted by Gasteiger charge is -2.14. The molecule has 12 N–H and O–H groups in total. The van der Waals surface area contributed by atoms with Crippen molar-refractivity contribution < 1.29 is 52.2 Å². The van der Waals surface area contributed by atoms with E-state index < -0.39 is 0 Å². The second-order valence-corrected chi connectivity index (χ2v) is 16.5. The Balaban J connectivity index is 0. The summed E-state index contributed by atoms with van der Waals surface area (Å²) >= 11 is 26.2. The molecule has 10 nitrogen and oxygen atoms in total. The average molecular weight is 1220 g/mol. The van der Waals surface area contributed by atoms with Crippen molar-refractivity contribution >= 4 is 127 Å². The van der Waals surface area contributed by atoms with Gasteiger partial charge in [-0.2, -0.15) is 0 Å². The minimum Gasteiger partial charge on any atom is -0.871 e. The highest BCUT2D eigenvalue weighted by Crippen LogP contribution is 2.37. The molecule has 0 unspecified atom stereocenters. The van der Waals surface area contributed by atoms with Crippen molar-refractivity contribution in [1.82, 2.24) is 0 Å². The molecule has 0 saturated carbocycles. The molecule has 4 aromatic carbocycles. The summed E-state index contributed by atoms with van der Waals surface area (Å²) in [5, 5.41) is 61.2. The van der Waals surface area contributed by atoms with E-state index in [0.717, 1.165) is 36.5 Å². The molecule has 0 atom stereocenters. The number of phenolic OH excluding ortho intramolecular Hbond substituents is 2. The van der Waals surface area contributed by atoms with E-state index in [2.05, 4.69) is 138 Å². The number of hydrogen-bond acceptors (Lipinski definition) is 6. The van der Waals surface area contributed by atoms with Crippen LogP contribution >= 0.6 is 127 Å². The van der Waals surface area contributed by atoms with Crippen molar-refractivity contribution in [1.29, 1.82) is 0 Å². The number of piperazine rings is 1. The Hall–Kier alpha value is -0.320. The monoisotopic (exact) mass is 1210 g/mol. The zero-order chi connectivity index (χ0) is 36.6. The number of aromatic hydroxyl groups is 2. The van der Waals surface area contributed by atoms with Crippen LogP contribution in [0.25, 0.3) is 0 Å². The van der Waals surface area contributed by atoms with Crippen molar-refractivity contribution in [2.75, 3.05) is 40.4 Å². The van der Waals surface area contributed by atoms with E-state index in [1.165, 1.54) is 26.2 Å². The van der Waals surface area contributed by atoms with Gasteiger partial charge in [0.05, 0.1) is 17.9 Å². The normalized spacial score (nSPS) is 11.3. The summed E-state index contributed by atoms with van der Waals surface area (Å²) < 4.78 is 4.68. The van der Waals surface area contributed by atoms with Crippen LogP contribution in [0.15, 0.2) is 84.3 Å². The summed E-state index contributed by atoms with van der Waals surface area (Å²) in [4.78, 5) is 0. The second kappa shape index (κ2) is 27.3. The molecule has 0 bridgehead atoms. The molecule has 0 radical (unpaired) electrons. The van der Waals surface area contributed by atoms with E-state index in [4.69, 9.17) is 10.2 Å². The molecule has 1 saturated heterocycles.